The molecule has 6 heteroatoms. The van der Waals surface area contributed by atoms with Crippen LogP contribution in [0.5, 0.6) is 0 Å². The highest BCUT2D eigenvalue weighted by Crippen LogP contribution is 1.93. The van der Waals surface area contributed by atoms with Gasteiger partial charge in [-0.1, -0.05) is 6.92 Å². The van der Waals surface area contributed by atoms with E-state index < -0.39 is 16.1 Å². The molecule has 0 fully saturated rings. The summed E-state index contributed by atoms with van der Waals surface area (Å²) in [6.45, 7) is 5.73. The zero-order valence-electron chi connectivity index (χ0n) is 9.56. The average Bonchev–Trinajstić information content (AvgIpc) is 2.13. The lowest BCUT2D eigenvalue weighted by Crippen LogP contribution is -2.34. The summed E-state index contributed by atoms with van der Waals surface area (Å²) in [5, 5.41) is 9.18. The van der Waals surface area contributed by atoms with Gasteiger partial charge in [0.1, 0.15) is 0 Å². The van der Waals surface area contributed by atoms with Crippen LogP contribution in [0.2, 0.25) is 0 Å². The molecule has 1 atom stereocenters. The minimum absolute atomic E-state index is 0.0291. The maximum atomic E-state index is 11.3. The minimum Gasteiger partial charge on any atom is -0.392 e. The summed E-state index contributed by atoms with van der Waals surface area (Å²) in [6, 6.07) is 0. The number of sulfonamides is 1. The number of ether oxygens (including phenoxy) is 1. The van der Waals surface area contributed by atoms with Crippen LogP contribution in [-0.4, -0.2) is 44.6 Å². The van der Waals surface area contributed by atoms with Gasteiger partial charge in [-0.05, 0) is 20.3 Å². The molecule has 0 radical (unpaired) electrons. The van der Waals surface area contributed by atoms with Crippen LogP contribution < -0.4 is 4.72 Å². The average molecular weight is 239 g/mol. The molecule has 2 N–H and O–H groups in total. The van der Waals surface area contributed by atoms with Crippen LogP contribution in [0.4, 0.5) is 0 Å². The molecule has 0 saturated carbocycles. The van der Waals surface area contributed by atoms with E-state index in [1.54, 1.807) is 6.92 Å². The molecule has 1 unspecified atom stereocenters. The van der Waals surface area contributed by atoms with Gasteiger partial charge >= 0.3 is 0 Å². The fourth-order valence-corrected chi connectivity index (χ4v) is 1.74. The van der Waals surface area contributed by atoms with E-state index in [-0.39, 0.29) is 25.0 Å². The SMILES string of the molecule is CCC(O)CNS(=O)(=O)CCOC(C)C. The largest absolute Gasteiger partial charge is 0.392 e. The van der Waals surface area contributed by atoms with Gasteiger partial charge < -0.3 is 9.84 Å². The van der Waals surface area contributed by atoms with E-state index in [0.29, 0.717) is 6.42 Å². The Kier molecular flexibility index (Phi) is 7.08. The van der Waals surface area contributed by atoms with Crippen molar-refractivity contribution in [1.29, 1.82) is 0 Å². The normalized spacial score (nSPS) is 14.5. The van der Waals surface area contributed by atoms with Crippen molar-refractivity contribution in [3.05, 3.63) is 0 Å². The number of hydrogen-bond acceptors (Lipinski definition) is 4. The summed E-state index contributed by atoms with van der Waals surface area (Å²) in [6.07, 6.45) is -0.0578. The van der Waals surface area contributed by atoms with E-state index in [4.69, 9.17) is 4.74 Å². The Morgan fingerprint density at radius 3 is 2.47 bits per heavy atom. The van der Waals surface area contributed by atoms with Crippen molar-refractivity contribution in [1.82, 2.24) is 4.72 Å². The van der Waals surface area contributed by atoms with Gasteiger partial charge in [-0.3, -0.25) is 0 Å². The van der Waals surface area contributed by atoms with Gasteiger partial charge in [0.05, 0.1) is 24.6 Å². The molecule has 0 rings (SSSR count). The highest BCUT2D eigenvalue weighted by atomic mass is 32.2. The molecule has 92 valence electrons. The second-order valence-electron chi connectivity index (χ2n) is 3.65. The first kappa shape index (κ1) is 14.8. The van der Waals surface area contributed by atoms with E-state index in [1.165, 1.54) is 0 Å². The molecule has 5 nitrogen and oxygen atoms in total. The Labute approximate surface area is 91.9 Å². The molecule has 0 aliphatic heterocycles. The van der Waals surface area contributed by atoms with Gasteiger partial charge in [-0.15, -0.1) is 0 Å². The van der Waals surface area contributed by atoms with Crippen LogP contribution in [-0.2, 0) is 14.8 Å². The van der Waals surface area contributed by atoms with E-state index in [9.17, 15) is 13.5 Å². The maximum Gasteiger partial charge on any atom is 0.213 e. The van der Waals surface area contributed by atoms with Crippen molar-refractivity contribution >= 4 is 10.0 Å². The predicted molar refractivity (Wildman–Crippen MR) is 59.2 cm³/mol. The molecular formula is C9H21NO4S. The molecular weight excluding hydrogens is 218 g/mol. The summed E-state index contributed by atoms with van der Waals surface area (Å²) in [7, 11) is -3.32. The molecule has 0 amide bonds. The van der Waals surface area contributed by atoms with Crippen LogP contribution in [0.25, 0.3) is 0 Å². The van der Waals surface area contributed by atoms with Gasteiger partial charge in [-0.2, -0.15) is 0 Å². The van der Waals surface area contributed by atoms with Crippen molar-refractivity contribution in [2.75, 3.05) is 18.9 Å². The number of aliphatic hydroxyl groups is 1. The Bertz CT molecular complexity index is 251. The highest BCUT2D eigenvalue weighted by molar-refractivity contribution is 7.89. The van der Waals surface area contributed by atoms with Crippen molar-refractivity contribution in [3.63, 3.8) is 0 Å². The second-order valence-corrected chi connectivity index (χ2v) is 5.58. The van der Waals surface area contributed by atoms with Gasteiger partial charge in [0.15, 0.2) is 0 Å². The number of rotatable bonds is 8. The minimum atomic E-state index is -3.32. The zero-order valence-corrected chi connectivity index (χ0v) is 10.4. The third-order valence-corrected chi connectivity index (χ3v) is 3.12. The third kappa shape index (κ3) is 8.80. The van der Waals surface area contributed by atoms with Crippen molar-refractivity contribution < 1.29 is 18.3 Å². The molecule has 0 saturated heterocycles. The van der Waals surface area contributed by atoms with Crippen LogP contribution in [0, 0.1) is 0 Å². The lowest BCUT2D eigenvalue weighted by molar-refractivity contribution is 0.0910. The molecule has 0 bridgehead atoms. The number of hydrogen-bond donors (Lipinski definition) is 2. The molecule has 0 aliphatic rings. The summed E-state index contributed by atoms with van der Waals surface area (Å²) in [5.74, 6) is -0.0678. The molecule has 0 heterocycles. The summed E-state index contributed by atoms with van der Waals surface area (Å²) >= 11 is 0. The van der Waals surface area contributed by atoms with E-state index in [0.717, 1.165) is 0 Å². The number of aliphatic hydroxyl groups excluding tert-OH is 1. The van der Waals surface area contributed by atoms with Crippen molar-refractivity contribution in [3.8, 4) is 0 Å². The first-order valence-corrected chi connectivity index (χ1v) is 6.79. The highest BCUT2D eigenvalue weighted by Gasteiger charge is 2.12. The fraction of sp³-hybridized carbons (Fsp3) is 1.00. The predicted octanol–water partition coefficient (Wildman–Crippen LogP) is 0.102. The number of nitrogens with one attached hydrogen (secondary N) is 1. The zero-order chi connectivity index (χ0) is 11.9. The summed E-state index contributed by atoms with van der Waals surface area (Å²) in [4.78, 5) is 0. The van der Waals surface area contributed by atoms with Gasteiger partial charge in [0.2, 0.25) is 10.0 Å². The van der Waals surface area contributed by atoms with E-state index in [1.807, 2.05) is 13.8 Å². The summed E-state index contributed by atoms with van der Waals surface area (Å²) in [5.41, 5.74) is 0. The van der Waals surface area contributed by atoms with E-state index >= 15 is 0 Å². The molecule has 0 aliphatic carbocycles. The first-order chi connectivity index (χ1) is 6.87. The topological polar surface area (TPSA) is 75.6 Å². The fourth-order valence-electron chi connectivity index (χ4n) is 0.833. The standard InChI is InChI=1S/C9H21NO4S/c1-4-9(11)7-10-15(12,13)6-5-14-8(2)3/h8-11H,4-7H2,1-3H3. The van der Waals surface area contributed by atoms with Gasteiger partial charge in [-0.25, -0.2) is 13.1 Å². The monoisotopic (exact) mass is 239 g/mol. The van der Waals surface area contributed by atoms with Gasteiger partial charge in [0.25, 0.3) is 0 Å². The van der Waals surface area contributed by atoms with E-state index in [2.05, 4.69) is 4.72 Å². The summed E-state index contributed by atoms with van der Waals surface area (Å²) < 4.78 is 30.1. The van der Waals surface area contributed by atoms with Crippen LogP contribution in [0.3, 0.4) is 0 Å². The smallest absolute Gasteiger partial charge is 0.213 e. The lowest BCUT2D eigenvalue weighted by atomic mass is 10.3. The van der Waals surface area contributed by atoms with Crippen molar-refractivity contribution in [2.24, 2.45) is 0 Å². The maximum absolute atomic E-state index is 11.3. The van der Waals surface area contributed by atoms with Gasteiger partial charge in [0, 0.05) is 6.54 Å². The van der Waals surface area contributed by atoms with Crippen LogP contribution in [0.1, 0.15) is 27.2 Å². The second kappa shape index (κ2) is 7.16. The molecule has 0 spiro atoms. The molecule has 0 aromatic heterocycles. The molecule has 0 aromatic carbocycles. The first-order valence-electron chi connectivity index (χ1n) is 5.14. The van der Waals surface area contributed by atoms with Crippen LogP contribution >= 0.6 is 0 Å². The van der Waals surface area contributed by atoms with Crippen molar-refractivity contribution in [2.45, 2.75) is 39.4 Å². The molecule has 0 aromatic rings. The Hall–Kier alpha value is -0.170. The third-order valence-electron chi connectivity index (χ3n) is 1.81. The Morgan fingerprint density at radius 2 is 2.00 bits per heavy atom. The lowest BCUT2D eigenvalue weighted by Gasteiger charge is -2.11. The Morgan fingerprint density at radius 1 is 1.40 bits per heavy atom. The molecule has 15 heavy (non-hydrogen) atoms. The van der Waals surface area contributed by atoms with Crippen LogP contribution in [0.15, 0.2) is 0 Å². The quantitative estimate of drug-likeness (QED) is 0.630. The Balaban J connectivity index is 3.78.